The lowest BCUT2D eigenvalue weighted by molar-refractivity contribution is 0.579. The maximum atomic E-state index is 14.7. The van der Waals surface area contributed by atoms with Crippen LogP contribution in [-0.4, -0.2) is 4.98 Å². The standard InChI is InChI=1S/C24H16F2N2S/c1-15-7-6-8-16(23-17(25)13-27-14-18(23)26)24(15)28-19-9-2-4-11-21(19)29-22-12-5-3-10-20(22)28/h2-14H,1H3. The van der Waals surface area contributed by atoms with Gasteiger partial charge >= 0.3 is 0 Å². The van der Waals surface area contributed by atoms with Crippen molar-refractivity contribution >= 4 is 28.8 Å². The number of benzene rings is 3. The largest absolute Gasteiger partial charge is 0.307 e. The molecule has 1 aliphatic heterocycles. The Balaban J connectivity index is 1.85. The van der Waals surface area contributed by atoms with Crippen molar-refractivity contribution in [3.8, 4) is 11.1 Å². The van der Waals surface area contributed by atoms with Gasteiger partial charge in [0.2, 0.25) is 0 Å². The third-order valence-corrected chi connectivity index (χ3v) is 6.15. The van der Waals surface area contributed by atoms with Gasteiger partial charge in [-0.25, -0.2) is 8.78 Å². The third kappa shape index (κ3) is 2.89. The lowest BCUT2D eigenvalue weighted by Gasteiger charge is -2.35. The zero-order valence-electron chi connectivity index (χ0n) is 15.6. The molecule has 142 valence electrons. The molecule has 29 heavy (non-hydrogen) atoms. The van der Waals surface area contributed by atoms with Crippen LogP contribution in [0.15, 0.2) is 88.9 Å². The summed E-state index contributed by atoms with van der Waals surface area (Å²) in [5.41, 5.74) is 4.10. The minimum absolute atomic E-state index is 0.0631. The van der Waals surface area contributed by atoms with Crippen LogP contribution < -0.4 is 4.90 Å². The number of aryl methyl sites for hydroxylation is 1. The average molecular weight is 402 g/mol. The number of rotatable bonds is 2. The summed E-state index contributed by atoms with van der Waals surface area (Å²) in [4.78, 5) is 7.93. The molecule has 5 heteroatoms. The highest BCUT2D eigenvalue weighted by molar-refractivity contribution is 7.99. The Morgan fingerprint density at radius 3 is 1.97 bits per heavy atom. The monoisotopic (exact) mass is 402 g/mol. The molecule has 2 heterocycles. The lowest BCUT2D eigenvalue weighted by Crippen LogP contribution is -2.17. The van der Waals surface area contributed by atoms with Crippen LogP contribution in [0, 0.1) is 18.6 Å². The molecule has 0 amide bonds. The van der Waals surface area contributed by atoms with Crippen LogP contribution in [0.1, 0.15) is 5.56 Å². The minimum atomic E-state index is -0.676. The van der Waals surface area contributed by atoms with Crippen molar-refractivity contribution in [2.75, 3.05) is 4.90 Å². The van der Waals surface area contributed by atoms with E-state index in [1.807, 2.05) is 55.5 Å². The number of halogens is 2. The minimum Gasteiger partial charge on any atom is -0.307 e. The first-order valence-corrected chi connectivity index (χ1v) is 10.0. The molecule has 0 aliphatic carbocycles. The molecular weight excluding hydrogens is 386 g/mol. The zero-order valence-corrected chi connectivity index (χ0v) is 16.4. The lowest BCUT2D eigenvalue weighted by atomic mass is 9.98. The predicted molar refractivity (Wildman–Crippen MR) is 113 cm³/mol. The van der Waals surface area contributed by atoms with E-state index in [0.29, 0.717) is 5.56 Å². The molecule has 5 rings (SSSR count). The van der Waals surface area contributed by atoms with Gasteiger partial charge in [0.15, 0.2) is 11.6 Å². The molecule has 0 spiro atoms. The van der Waals surface area contributed by atoms with E-state index in [4.69, 9.17) is 0 Å². The molecule has 0 saturated heterocycles. The summed E-state index contributed by atoms with van der Waals surface area (Å²) >= 11 is 1.69. The van der Waals surface area contributed by atoms with Gasteiger partial charge in [-0.1, -0.05) is 54.2 Å². The van der Waals surface area contributed by atoms with Gasteiger partial charge in [0.1, 0.15) is 0 Å². The maximum absolute atomic E-state index is 14.7. The van der Waals surface area contributed by atoms with Crippen molar-refractivity contribution in [1.82, 2.24) is 4.98 Å². The molecule has 1 aliphatic rings. The summed E-state index contributed by atoms with van der Waals surface area (Å²) in [6.45, 7) is 1.96. The molecule has 0 radical (unpaired) electrons. The fraction of sp³-hybridized carbons (Fsp3) is 0.0417. The number of para-hydroxylation sites is 3. The summed E-state index contributed by atoms with van der Waals surface area (Å²) in [7, 11) is 0. The SMILES string of the molecule is Cc1cccc(-c2c(F)cncc2F)c1N1c2ccccc2Sc2ccccc21. The highest BCUT2D eigenvalue weighted by atomic mass is 32.2. The van der Waals surface area contributed by atoms with Gasteiger partial charge in [-0.3, -0.25) is 4.98 Å². The van der Waals surface area contributed by atoms with Gasteiger partial charge in [-0.05, 0) is 36.8 Å². The van der Waals surface area contributed by atoms with E-state index < -0.39 is 11.6 Å². The van der Waals surface area contributed by atoms with E-state index in [1.165, 1.54) is 0 Å². The second-order valence-electron chi connectivity index (χ2n) is 6.82. The fourth-order valence-corrected chi connectivity index (χ4v) is 4.83. The summed E-state index contributed by atoms with van der Waals surface area (Å²) < 4.78 is 29.4. The van der Waals surface area contributed by atoms with Crippen LogP contribution in [-0.2, 0) is 0 Å². The van der Waals surface area contributed by atoms with Crippen LogP contribution in [0.4, 0.5) is 25.8 Å². The number of anilines is 3. The molecule has 0 N–H and O–H groups in total. The molecule has 0 atom stereocenters. The Morgan fingerprint density at radius 1 is 0.759 bits per heavy atom. The first-order chi connectivity index (χ1) is 14.1. The summed E-state index contributed by atoms with van der Waals surface area (Å²) in [5, 5.41) is 0. The van der Waals surface area contributed by atoms with Gasteiger partial charge in [-0.15, -0.1) is 0 Å². The van der Waals surface area contributed by atoms with E-state index in [9.17, 15) is 8.78 Å². The van der Waals surface area contributed by atoms with Crippen molar-refractivity contribution in [2.45, 2.75) is 16.7 Å². The molecule has 0 bridgehead atoms. The van der Waals surface area contributed by atoms with Crippen LogP contribution in [0.5, 0.6) is 0 Å². The van der Waals surface area contributed by atoms with Gasteiger partial charge in [0.25, 0.3) is 0 Å². The Labute approximate surface area is 171 Å². The molecule has 0 saturated carbocycles. The second-order valence-corrected chi connectivity index (χ2v) is 7.91. The third-order valence-electron chi connectivity index (χ3n) is 5.02. The number of pyridine rings is 1. The van der Waals surface area contributed by atoms with Crippen LogP contribution in [0.3, 0.4) is 0 Å². The number of fused-ring (bicyclic) bond motifs is 2. The van der Waals surface area contributed by atoms with E-state index in [-0.39, 0.29) is 5.56 Å². The van der Waals surface area contributed by atoms with E-state index in [1.54, 1.807) is 17.8 Å². The first-order valence-electron chi connectivity index (χ1n) is 9.20. The molecule has 0 fully saturated rings. The number of aromatic nitrogens is 1. The quantitative estimate of drug-likeness (QED) is 0.309. The first kappa shape index (κ1) is 17.9. The van der Waals surface area contributed by atoms with Crippen LogP contribution in [0.25, 0.3) is 11.1 Å². The summed E-state index contributed by atoms with van der Waals surface area (Å²) in [6, 6.07) is 21.7. The molecule has 0 unspecified atom stereocenters. The Kier molecular flexibility index (Phi) is 4.32. The summed E-state index contributed by atoms with van der Waals surface area (Å²) in [5.74, 6) is -1.35. The highest BCUT2D eigenvalue weighted by Gasteiger charge is 2.28. The number of hydrogen-bond acceptors (Lipinski definition) is 3. The molecule has 4 aromatic rings. The van der Waals surface area contributed by atoms with Crippen LogP contribution >= 0.6 is 11.8 Å². The Bertz CT molecular complexity index is 1170. The Morgan fingerprint density at radius 2 is 1.34 bits per heavy atom. The second kappa shape index (κ2) is 7.01. The number of hydrogen-bond donors (Lipinski definition) is 0. The summed E-state index contributed by atoms with van der Waals surface area (Å²) in [6.07, 6.45) is 2.11. The maximum Gasteiger partial charge on any atom is 0.152 e. The van der Waals surface area contributed by atoms with Crippen molar-refractivity contribution in [1.29, 1.82) is 0 Å². The fourth-order valence-electron chi connectivity index (χ4n) is 3.77. The predicted octanol–water partition coefficient (Wildman–Crippen LogP) is 7.27. The van der Waals surface area contributed by atoms with Crippen molar-refractivity contribution < 1.29 is 8.78 Å². The number of nitrogens with zero attached hydrogens (tertiary/aromatic N) is 2. The molecule has 3 aromatic carbocycles. The van der Waals surface area contributed by atoms with Crippen LogP contribution in [0.2, 0.25) is 0 Å². The van der Waals surface area contributed by atoms with Gasteiger partial charge in [0.05, 0.1) is 35.0 Å². The van der Waals surface area contributed by atoms with Gasteiger partial charge < -0.3 is 4.90 Å². The molecular formula is C24H16F2N2S. The average Bonchev–Trinajstić information content (AvgIpc) is 2.72. The van der Waals surface area contributed by atoms with E-state index in [0.717, 1.165) is 44.8 Å². The zero-order chi connectivity index (χ0) is 20.0. The van der Waals surface area contributed by atoms with E-state index in [2.05, 4.69) is 22.0 Å². The van der Waals surface area contributed by atoms with Gasteiger partial charge in [0, 0.05) is 15.4 Å². The molecule has 1 aromatic heterocycles. The van der Waals surface area contributed by atoms with Gasteiger partial charge in [-0.2, -0.15) is 0 Å². The smallest absolute Gasteiger partial charge is 0.152 e. The highest BCUT2D eigenvalue weighted by Crippen LogP contribution is 2.53. The van der Waals surface area contributed by atoms with E-state index >= 15 is 0 Å². The van der Waals surface area contributed by atoms with Crippen molar-refractivity contribution in [2.24, 2.45) is 0 Å². The normalized spacial score (nSPS) is 12.4. The topological polar surface area (TPSA) is 16.1 Å². The Hall–Kier alpha value is -3.18. The van der Waals surface area contributed by atoms with Crippen molar-refractivity contribution in [3.63, 3.8) is 0 Å². The van der Waals surface area contributed by atoms with Crippen molar-refractivity contribution in [3.05, 3.63) is 96.3 Å². The molecule has 2 nitrogen and oxygen atoms in total.